The molecular weight excluding hydrogens is 324 g/mol. The lowest BCUT2D eigenvalue weighted by Gasteiger charge is -2.30. The fourth-order valence-electron chi connectivity index (χ4n) is 5.02. The Morgan fingerprint density at radius 2 is 1.77 bits per heavy atom. The highest BCUT2D eigenvalue weighted by atomic mass is 16.2. The molecule has 2 amide bonds. The van der Waals surface area contributed by atoms with Gasteiger partial charge in [0.15, 0.2) is 0 Å². The third-order valence-electron chi connectivity index (χ3n) is 6.78. The topological polar surface area (TPSA) is 40.6 Å². The van der Waals surface area contributed by atoms with Crippen molar-refractivity contribution in [3.8, 4) is 0 Å². The van der Waals surface area contributed by atoms with Crippen LogP contribution in [0.25, 0.3) is 0 Å². The minimum atomic E-state index is -0.0421. The maximum absolute atomic E-state index is 12.9. The lowest BCUT2D eigenvalue weighted by molar-refractivity contribution is -0.136. The first kappa shape index (κ1) is 17.6. The van der Waals surface area contributed by atoms with Gasteiger partial charge in [0.2, 0.25) is 11.8 Å². The smallest absolute Gasteiger partial charge is 0.227 e. The molecule has 0 unspecified atom stereocenters. The van der Waals surface area contributed by atoms with Crippen molar-refractivity contribution in [3.05, 3.63) is 29.8 Å². The first-order valence-electron chi connectivity index (χ1n) is 10.1. The van der Waals surface area contributed by atoms with Crippen molar-refractivity contribution >= 4 is 17.5 Å². The average molecular weight is 354 g/mol. The van der Waals surface area contributed by atoms with Crippen LogP contribution in [0, 0.1) is 24.2 Å². The lowest BCUT2D eigenvalue weighted by Crippen LogP contribution is -2.38. The first-order valence-corrected chi connectivity index (χ1v) is 10.1. The van der Waals surface area contributed by atoms with E-state index in [0.29, 0.717) is 12.3 Å². The van der Waals surface area contributed by atoms with E-state index in [4.69, 9.17) is 0 Å². The van der Waals surface area contributed by atoms with Crippen LogP contribution in [0.1, 0.15) is 51.0 Å². The van der Waals surface area contributed by atoms with Crippen molar-refractivity contribution in [3.63, 3.8) is 0 Å². The molecule has 1 saturated carbocycles. The van der Waals surface area contributed by atoms with Crippen molar-refractivity contribution in [2.45, 2.75) is 52.4 Å². The number of amides is 2. The molecule has 0 bridgehead atoms. The number of hydrogen-bond acceptors (Lipinski definition) is 2. The molecule has 1 spiro atoms. The molecule has 2 saturated heterocycles. The zero-order valence-electron chi connectivity index (χ0n) is 16.0. The molecule has 0 radical (unpaired) electrons. The van der Waals surface area contributed by atoms with E-state index in [1.54, 1.807) is 0 Å². The lowest BCUT2D eigenvalue weighted by atomic mass is 9.82. The quantitative estimate of drug-likeness (QED) is 0.811. The van der Waals surface area contributed by atoms with Gasteiger partial charge in [-0.1, -0.05) is 24.6 Å². The Labute approximate surface area is 156 Å². The number of anilines is 1. The van der Waals surface area contributed by atoms with Crippen LogP contribution in [0.15, 0.2) is 24.3 Å². The second-order valence-electron chi connectivity index (χ2n) is 8.96. The number of hydrogen-bond donors (Lipinski definition) is 0. The Balaban J connectivity index is 1.42. The maximum atomic E-state index is 12.9. The Morgan fingerprint density at radius 3 is 2.46 bits per heavy atom. The van der Waals surface area contributed by atoms with E-state index in [9.17, 15) is 9.59 Å². The summed E-state index contributed by atoms with van der Waals surface area (Å²) in [4.78, 5) is 29.6. The Morgan fingerprint density at radius 1 is 1.08 bits per heavy atom. The first-order chi connectivity index (χ1) is 12.5. The van der Waals surface area contributed by atoms with Crippen LogP contribution in [-0.4, -0.2) is 36.3 Å². The molecule has 0 aromatic heterocycles. The summed E-state index contributed by atoms with van der Waals surface area (Å²) in [5, 5.41) is 0. The largest absolute Gasteiger partial charge is 0.342 e. The number of benzene rings is 1. The molecule has 1 atom stereocenters. The zero-order chi connectivity index (χ0) is 18.3. The van der Waals surface area contributed by atoms with Crippen molar-refractivity contribution in [1.82, 2.24) is 4.90 Å². The fraction of sp³-hybridized carbons (Fsp3) is 0.636. The van der Waals surface area contributed by atoms with E-state index in [1.165, 1.54) is 18.4 Å². The van der Waals surface area contributed by atoms with Gasteiger partial charge in [-0.3, -0.25) is 9.59 Å². The van der Waals surface area contributed by atoms with Crippen LogP contribution < -0.4 is 4.90 Å². The van der Waals surface area contributed by atoms with Gasteiger partial charge >= 0.3 is 0 Å². The van der Waals surface area contributed by atoms with Gasteiger partial charge in [0.25, 0.3) is 0 Å². The number of likely N-dealkylation sites (tertiary alicyclic amines) is 1. The molecule has 3 fully saturated rings. The SMILES string of the molecule is Cc1ccc(N2C[C@]3(CCN(C(=O)C4CCC(C)CC4)C3)CC2=O)cc1. The fourth-order valence-corrected chi connectivity index (χ4v) is 5.02. The number of carbonyl (C=O) groups excluding carboxylic acids is 2. The molecule has 26 heavy (non-hydrogen) atoms. The summed E-state index contributed by atoms with van der Waals surface area (Å²) in [6, 6.07) is 8.19. The summed E-state index contributed by atoms with van der Waals surface area (Å²) in [6.07, 6.45) is 5.96. The predicted octanol–water partition coefficient (Wildman–Crippen LogP) is 3.78. The number of carbonyl (C=O) groups is 2. The normalized spacial score (nSPS) is 31.8. The third-order valence-corrected chi connectivity index (χ3v) is 6.78. The van der Waals surface area contributed by atoms with E-state index < -0.39 is 0 Å². The minimum absolute atomic E-state index is 0.0421. The molecule has 2 aliphatic heterocycles. The second-order valence-corrected chi connectivity index (χ2v) is 8.96. The number of rotatable bonds is 2. The molecule has 3 aliphatic rings. The Kier molecular flexibility index (Phi) is 4.54. The number of nitrogens with zero attached hydrogens (tertiary/aromatic N) is 2. The third kappa shape index (κ3) is 3.26. The molecule has 0 N–H and O–H groups in total. The van der Waals surface area contributed by atoms with E-state index in [2.05, 4.69) is 30.9 Å². The maximum Gasteiger partial charge on any atom is 0.227 e. The van der Waals surface area contributed by atoms with Gasteiger partial charge in [0.1, 0.15) is 0 Å². The van der Waals surface area contributed by atoms with Gasteiger partial charge in [-0.25, -0.2) is 0 Å². The van der Waals surface area contributed by atoms with E-state index in [0.717, 1.165) is 50.5 Å². The van der Waals surface area contributed by atoms with Gasteiger partial charge in [0.05, 0.1) is 0 Å². The summed E-state index contributed by atoms with van der Waals surface area (Å²) in [5.41, 5.74) is 2.15. The molecule has 1 aromatic carbocycles. The molecule has 1 aromatic rings. The summed E-state index contributed by atoms with van der Waals surface area (Å²) in [6.45, 7) is 6.67. The highest BCUT2D eigenvalue weighted by Crippen LogP contribution is 2.43. The second kappa shape index (κ2) is 6.71. The summed E-state index contributed by atoms with van der Waals surface area (Å²) >= 11 is 0. The summed E-state index contributed by atoms with van der Waals surface area (Å²) in [5.74, 6) is 1.52. The van der Waals surface area contributed by atoms with Gasteiger partial charge in [-0.2, -0.15) is 0 Å². The van der Waals surface area contributed by atoms with Crippen molar-refractivity contribution < 1.29 is 9.59 Å². The van der Waals surface area contributed by atoms with E-state index in [1.807, 2.05) is 17.0 Å². The number of aryl methyl sites for hydroxylation is 1. The molecule has 2 heterocycles. The van der Waals surface area contributed by atoms with Gasteiger partial charge < -0.3 is 9.80 Å². The van der Waals surface area contributed by atoms with E-state index in [-0.39, 0.29) is 17.2 Å². The summed E-state index contributed by atoms with van der Waals surface area (Å²) in [7, 11) is 0. The zero-order valence-corrected chi connectivity index (χ0v) is 16.0. The van der Waals surface area contributed by atoms with Crippen molar-refractivity contribution in [2.75, 3.05) is 24.5 Å². The monoisotopic (exact) mass is 354 g/mol. The van der Waals surface area contributed by atoms with Crippen LogP contribution in [-0.2, 0) is 9.59 Å². The highest BCUT2D eigenvalue weighted by Gasteiger charge is 2.49. The van der Waals surface area contributed by atoms with Crippen LogP contribution in [0.4, 0.5) is 5.69 Å². The molecule has 4 heteroatoms. The van der Waals surface area contributed by atoms with Crippen molar-refractivity contribution in [2.24, 2.45) is 17.3 Å². The molecular formula is C22H30N2O2. The molecule has 1 aliphatic carbocycles. The Hall–Kier alpha value is -1.84. The molecule has 4 nitrogen and oxygen atoms in total. The van der Waals surface area contributed by atoms with Gasteiger partial charge in [0, 0.05) is 43.1 Å². The minimum Gasteiger partial charge on any atom is -0.342 e. The highest BCUT2D eigenvalue weighted by molar-refractivity contribution is 5.96. The standard InChI is InChI=1S/C22H30N2O2/c1-16-3-7-18(8-4-16)21(26)23-12-11-22(14-23)13-20(25)24(15-22)19-9-5-17(2)6-10-19/h5-6,9-10,16,18H,3-4,7-8,11-15H2,1-2H3/t16?,18?,22-/m1/s1. The van der Waals surface area contributed by atoms with Crippen LogP contribution >= 0.6 is 0 Å². The van der Waals surface area contributed by atoms with Crippen molar-refractivity contribution in [1.29, 1.82) is 0 Å². The van der Waals surface area contributed by atoms with Crippen LogP contribution in [0.5, 0.6) is 0 Å². The molecule has 4 rings (SSSR count). The van der Waals surface area contributed by atoms with Crippen LogP contribution in [0.3, 0.4) is 0 Å². The summed E-state index contributed by atoms with van der Waals surface area (Å²) < 4.78 is 0. The van der Waals surface area contributed by atoms with Crippen LogP contribution in [0.2, 0.25) is 0 Å². The van der Waals surface area contributed by atoms with Gasteiger partial charge in [-0.05, 0) is 57.1 Å². The predicted molar refractivity (Wildman–Crippen MR) is 103 cm³/mol. The van der Waals surface area contributed by atoms with E-state index >= 15 is 0 Å². The molecule has 140 valence electrons. The Bertz CT molecular complexity index is 691. The van der Waals surface area contributed by atoms with Gasteiger partial charge in [-0.15, -0.1) is 0 Å². The average Bonchev–Trinajstić information content (AvgIpc) is 3.19.